The zero-order valence-electron chi connectivity index (χ0n) is 31.3. The van der Waals surface area contributed by atoms with Crippen LogP contribution in [0.5, 0.6) is 11.5 Å². The molecule has 0 spiro atoms. The fourth-order valence-corrected chi connectivity index (χ4v) is 5.82. The molecule has 284 valence electrons. The fourth-order valence-electron chi connectivity index (χ4n) is 5.82. The van der Waals surface area contributed by atoms with E-state index in [4.69, 9.17) is 24.7 Å². The van der Waals surface area contributed by atoms with Crippen LogP contribution in [0, 0.1) is 11.8 Å². The van der Waals surface area contributed by atoms with E-state index in [9.17, 15) is 28.8 Å². The van der Waals surface area contributed by atoms with Gasteiger partial charge in [-0.05, 0) is 62.6 Å². The van der Waals surface area contributed by atoms with Crippen molar-refractivity contribution in [3.05, 3.63) is 47.5 Å². The average molecular weight is 725 g/mol. The second kappa shape index (κ2) is 18.4. The van der Waals surface area contributed by atoms with Crippen molar-refractivity contribution in [3.8, 4) is 22.6 Å². The van der Waals surface area contributed by atoms with Gasteiger partial charge in [0.1, 0.15) is 35.8 Å². The molecule has 0 unspecified atom stereocenters. The highest BCUT2D eigenvalue weighted by Crippen LogP contribution is 2.40. The summed E-state index contributed by atoms with van der Waals surface area (Å²) in [6.07, 6.45) is -0.311. The van der Waals surface area contributed by atoms with Gasteiger partial charge in [0, 0.05) is 49.3 Å². The van der Waals surface area contributed by atoms with Gasteiger partial charge in [-0.15, -0.1) is 0 Å². The first-order chi connectivity index (χ1) is 24.4. The predicted octanol–water partition coefficient (Wildman–Crippen LogP) is 3.87. The summed E-state index contributed by atoms with van der Waals surface area (Å²) >= 11 is 0. The molecular formula is C38H52N4O10. The van der Waals surface area contributed by atoms with Crippen LogP contribution in [0.2, 0.25) is 0 Å². The Morgan fingerprint density at radius 2 is 1.63 bits per heavy atom. The lowest BCUT2D eigenvalue weighted by Crippen LogP contribution is -2.46. The number of nitrogens with zero attached hydrogens (tertiary/aromatic N) is 1. The molecule has 0 saturated carbocycles. The number of alkyl carbamates (subject to hydrolysis) is 1. The average Bonchev–Trinajstić information content (AvgIpc) is 3.07. The van der Waals surface area contributed by atoms with Crippen LogP contribution in [0.3, 0.4) is 0 Å². The van der Waals surface area contributed by atoms with Crippen molar-refractivity contribution in [1.82, 2.24) is 15.5 Å². The van der Waals surface area contributed by atoms with E-state index in [-0.39, 0.29) is 32.4 Å². The first-order valence-electron chi connectivity index (χ1n) is 17.4. The topological polar surface area (TPSA) is 193 Å². The van der Waals surface area contributed by atoms with E-state index in [1.54, 1.807) is 71.0 Å². The summed E-state index contributed by atoms with van der Waals surface area (Å²) in [5.41, 5.74) is 6.87. The lowest BCUT2D eigenvalue weighted by atomic mass is 9.89. The molecule has 1 aliphatic rings. The molecule has 3 rings (SSSR count). The van der Waals surface area contributed by atoms with Gasteiger partial charge in [0.25, 0.3) is 0 Å². The van der Waals surface area contributed by atoms with Crippen molar-refractivity contribution in [3.63, 3.8) is 0 Å². The Morgan fingerprint density at radius 1 is 1.00 bits per heavy atom. The molecule has 4 atom stereocenters. The molecule has 2 aromatic rings. The normalized spacial score (nSPS) is 18.2. The van der Waals surface area contributed by atoms with Crippen LogP contribution in [0.15, 0.2) is 36.4 Å². The Kier molecular flexibility index (Phi) is 14.6. The first-order valence-corrected chi connectivity index (χ1v) is 17.4. The number of rotatable bonds is 12. The molecule has 1 heterocycles. The van der Waals surface area contributed by atoms with E-state index in [0.29, 0.717) is 46.8 Å². The van der Waals surface area contributed by atoms with Gasteiger partial charge < -0.3 is 40.2 Å². The summed E-state index contributed by atoms with van der Waals surface area (Å²) in [5.74, 6) is -3.63. The number of nitrogens with two attached hydrogens (primary N) is 1. The van der Waals surface area contributed by atoms with Gasteiger partial charge in [-0.3, -0.25) is 19.2 Å². The van der Waals surface area contributed by atoms with Crippen LogP contribution in [-0.2, 0) is 39.9 Å². The number of amides is 4. The highest BCUT2D eigenvalue weighted by atomic mass is 16.6. The van der Waals surface area contributed by atoms with Gasteiger partial charge in [-0.1, -0.05) is 32.9 Å². The lowest BCUT2D eigenvalue weighted by molar-refractivity contribution is -0.146. The number of carbonyl (C=O) groups excluding carboxylic acids is 6. The molecule has 4 bridgehead atoms. The quantitative estimate of drug-likeness (QED) is 0.214. The number of ketones is 1. The summed E-state index contributed by atoms with van der Waals surface area (Å²) in [4.78, 5) is 79.3. The highest BCUT2D eigenvalue weighted by molar-refractivity contribution is 5.95. The number of fused-ring (bicyclic) bond motifs is 5. The Hall–Kier alpha value is -5.14. The van der Waals surface area contributed by atoms with E-state index in [0.717, 1.165) is 0 Å². The van der Waals surface area contributed by atoms with E-state index >= 15 is 0 Å². The summed E-state index contributed by atoms with van der Waals surface area (Å²) in [7, 11) is 2.69. The van der Waals surface area contributed by atoms with E-state index in [2.05, 4.69) is 10.6 Å². The minimum atomic E-state index is -1.16. The Bertz CT molecular complexity index is 1640. The van der Waals surface area contributed by atoms with Crippen molar-refractivity contribution in [2.75, 3.05) is 33.9 Å². The van der Waals surface area contributed by atoms with Gasteiger partial charge in [-0.2, -0.15) is 0 Å². The molecule has 0 aromatic heterocycles. The molecule has 4 amide bonds. The number of methoxy groups -OCH3 is 1. The maximum atomic E-state index is 14.2. The molecule has 14 heteroatoms. The Morgan fingerprint density at radius 3 is 2.25 bits per heavy atom. The Balaban J connectivity index is 2.22. The summed E-state index contributed by atoms with van der Waals surface area (Å²) in [6, 6.07) is 8.18. The van der Waals surface area contributed by atoms with Gasteiger partial charge in [-0.25, -0.2) is 9.59 Å². The van der Waals surface area contributed by atoms with Crippen molar-refractivity contribution < 1.29 is 47.7 Å². The van der Waals surface area contributed by atoms with Crippen molar-refractivity contribution in [2.24, 2.45) is 17.6 Å². The van der Waals surface area contributed by atoms with Crippen LogP contribution in [0.25, 0.3) is 11.1 Å². The molecule has 1 aliphatic heterocycles. The number of likely N-dealkylation sites (N-methyl/N-ethyl adjacent to an activating group) is 1. The molecular weight excluding hydrogens is 672 g/mol. The van der Waals surface area contributed by atoms with E-state index in [1.165, 1.54) is 19.1 Å². The van der Waals surface area contributed by atoms with Gasteiger partial charge in [0.2, 0.25) is 17.7 Å². The van der Waals surface area contributed by atoms with Crippen LogP contribution < -0.4 is 25.8 Å². The minimum absolute atomic E-state index is 0.0608. The van der Waals surface area contributed by atoms with Crippen molar-refractivity contribution >= 4 is 35.6 Å². The summed E-state index contributed by atoms with van der Waals surface area (Å²) < 4.78 is 22.7. The number of primary amides is 1. The maximum Gasteiger partial charge on any atom is 0.407 e. The number of carbonyl (C=O) groups is 6. The summed E-state index contributed by atoms with van der Waals surface area (Å²) in [6.45, 7) is 10.9. The number of hydrogen-bond acceptors (Lipinski definition) is 10. The monoisotopic (exact) mass is 724 g/mol. The third-order valence-corrected chi connectivity index (χ3v) is 8.31. The zero-order valence-corrected chi connectivity index (χ0v) is 31.3. The third-order valence-electron chi connectivity index (χ3n) is 8.31. The van der Waals surface area contributed by atoms with Gasteiger partial charge >= 0.3 is 12.1 Å². The maximum absolute atomic E-state index is 14.2. The van der Waals surface area contributed by atoms with Crippen molar-refractivity contribution in [1.29, 1.82) is 0 Å². The molecule has 0 radical (unpaired) electrons. The Labute approximate surface area is 305 Å². The van der Waals surface area contributed by atoms with Crippen LogP contribution in [0.4, 0.5) is 4.79 Å². The van der Waals surface area contributed by atoms with E-state index in [1.807, 2.05) is 6.92 Å². The molecule has 0 aliphatic carbocycles. The third kappa shape index (κ3) is 11.4. The highest BCUT2D eigenvalue weighted by Gasteiger charge is 2.35. The number of Topliss-reactive ketones (excluding diaryl/α,β-unsaturated/α-hetero) is 1. The standard InChI is InChI=1S/C38H52N4O10/c1-9-15-50-31-13-11-25-21-27(31)26-19-24(10-12-30(26)51-16-14-40-37(48)52-38(4,5)6)20-28(36(47)49-8)41-34(45)22(2)17-29(43)33(25)42(7)35(46)23(3)18-32(39)44/h10-13,19,21-23,28,33H,9,14-18,20H2,1-8H3,(H2,39,44)(H,40,48)(H,41,45)/t22-,23+,28+,33+/m1/s1. The number of benzene rings is 2. The lowest BCUT2D eigenvalue weighted by Gasteiger charge is -2.31. The SMILES string of the molecule is CCCOc1ccc2cc1-c1cc(ccc1OCCNC(=O)OC(C)(C)C)C[C@@H](C(=O)OC)NC(=O)[C@H](C)CC(=O)[C@H]2N(C)C(=O)[C@@H](C)CC(N)=O. The molecule has 2 aromatic carbocycles. The second-order valence-corrected chi connectivity index (χ2v) is 14.0. The van der Waals surface area contributed by atoms with Gasteiger partial charge in [0.05, 0.1) is 20.3 Å². The van der Waals surface area contributed by atoms with Crippen LogP contribution in [0.1, 0.15) is 78.0 Å². The number of ether oxygens (including phenoxy) is 4. The predicted molar refractivity (Wildman–Crippen MR) is 192 cm³/mol. The second-order valence-electron chi connectivity index (χ2n) is 14.0. The molecule has 14 nitrogen and oxygen atoms in total. The van der Waals surface area contributed by atoms with E-state index < -0.39 is 65.1 Å². The molecule has 52 heavy (non-hydrogen) atoms. The smallest absolute Gasteiger partial charge is 0.407 e. The zero-order chi connectivity index (χ0) is 38.7. The number of nitrogens with one attached hydrogen (secondary N) is 2. The van der Waals surface area contributed by atoms with Gasteiger partial charge in [0.15, 0.2) is 5.78 Å². The molecule has 4 N–H and O–H groups in total. The molecule has 0 fully saturated rings. The number of esters is 1. The summed E-state index contributed by atoms with van der Waals surface area (Å²) in [5, 5.41) is 5.40. The number of hydrogen-bond donors (Lipinski definition) is 3. The fraction of sp³-hybridized carbons (Fsp3) is 0.526. The van der Waals surface area contributed by atoms with Crippen molar-refractivity contribution in [2.45, 2.75) is 84.9 Å². The van der Waals surface area contributed by atoms with Crippen LogP contribution >= 0.6 is 0 Å². The first kappa shape index (κ1) is 41.3. The minimum Gasteiger partial charge on any atom is -0.493 e. The molecule has 0 saturated heterocycles. The van der Waals surface area contributed by atoms with Crippen LogP contribution in [-0.4, -0.2) is 86.0 Å². The largest absolute Gasteiger partial charge is 0.493 e.